The van der Waals surface area contributed by atoms with Gasteiger partial charge in [0, 0.05) is 25.0 Å². The Bertz CT molecular complexity index is 662. The molecule has 0 unspecified atom stereocenters. The lowest BCUT2D eigenvalue weighted by molar-refractivity contribution is 0.180. The van der Waals surface area contributed by atoms with Crippen molar-refractivity contribution in [3.63, 3.8) is 0 Å². The minimum atomic E-state index is -0.356. The molecule has 2 amide bonds. The Labute approximate surface area is 128 Å². The molecule has 1 aliphatic heterocycles. The first kappa shape index (κ1) is 14.6. The standard InChI is InChI=1S/C16H19FN4O/c1-12-10-18-21(11-12)15-5-7-20(8-6-15)16(22)19-14-4-2-3-13(17)9-14/h2-4,9-11,15H,5-8H2,1H3,(H,19,22). The van der Waals surface area contributed by atoms with Crippen molar-refractivity contribution in [2.45, 2.75) is 25.8 Å². The number of amides is 2. The highest BCUT2D eigenvalue weighted by Crippen LogP contribution is 2.22. The van der Waals surface area contributed by atoms with Gasteiger partial charge in [0.1, 0.15) is 5.82 Å². The lowest BCUT2D eigenvalue weighted by atomic mass is 10.1. The van der Waals surface area contributed by atoms with Gasteiger partial charge in [-0.3, -0.25) is 4.68 Å². The first-order chi connectivity index (χ1) is 10.6. The van der Waals surface area contributed by atoms with Crippen molar-refractivity contribution >= 4 is 11.7 Å². The molecule has 0 saturated carbocycles. The number of rotatable bonds is 2. The number of halogens is 1. The lowest BCUT2D eigenvalue weighted by Crippen LogP contribution is -2.41. The summed E-state index contributed by atoms with van der Waals surface area (Å²) in [6.45, 7) is 3.36. The minimum Gasteiger partial charge on any atom is -0.324 e. The number of hydrogen-bond donors (Lipinski definition) is 1. The Hall–Kier alpha value is -2.37. The molecule has 3 rings (SSSR count). The van der Waals surface area contributed by atoms with E-state index in [1.54, 1.807) is 17.0 Å². The zero-order chi connectivity index (χ0) is 15.5. The van der Waals surface area contributed by atoms with E-state index in [0.29, 0.717) is 24.8 Å². The van der Waals surface area contributed by atoms with E-state index in [1.165, 1.54) is 12.1 Å². The maximum Gasteiger partial charge on any atom is 0.321 e. The molecule has 0 atom stereocenters. The fourth-order valence-electron chi connectivity index (χ4n) is 2.73. The summed E-state index contributed by atoms with van der Waals surface area (Å²) in [5, 5.41) is 7.08. The summed E-state index contributed by atoms with van der Waals surface area (Å²) >= 11 is 0. The van der Waals surface area contributed by atoms with Gasteiger partial charge in [-0.05, 0) is 43.5 Å². The van der Waals surface area contributed by atoms with Gasteiger partial charge in [-0.25, -0.2) is 9.18 Å². The molecular weight excluding hydrogens is 283 g/mol. The summed E-state index contributed by atoms with van der Waals surface area (Å²) in [5.74, 6) is -0.356. The highest BCUT2D eigenvalue weighted by Gasteiger charge is 2.24. The molecule has 116 valence electrons. The van der Waals surface area contributed by atoms with E-state index in [-0.39, 0.29) is 11.8 Å². The van der Waals surface area contributed by atoms with Gasteiger partial charge >= 0.3 is 6.03 Å². The van der Waals surface area contributed by atoms with Crippen molar-refractivity contribution in [1.82, 2.24) is 14.7 Å². The van der Waals surface area contributed by atoms with Gasteiger partial charge in [-0.2, -0.15) is 5.10 Å². The molecule has 22 heavy (non-hydrogen) atoms. The van der Waals surface area contributed by atoms with Crippen LogP contribution in [0.2, 0.25) is 0 Å². The van der Waals surface area contributed by atoms with E-state index in [2.05, 4.69) is 10.4 Å². The van der Waals surface area contributed by atoms with Crippen LogP contribution in [-0.2, 0) is 0 Å². The van der Waals surface area contributed by atoms with Gasteiger partial charge in [0.25, 0.3) is 0 Å². The number of likely N-dealkylation sites (tertiary alicyclic amines) is 1. The van der Waals surface area contributed by atoms with Crippen LogP contribution >= 0.6 is 0 Å². The quantitative estimate of drug-likeness (QED) is 0.926. The highest BCUT2D eigenvalue weighted by atomic mass is 19.1. The monoisotopic (exact) mass is 302 g/mol. The molecule has 0 radical (unpaired) electrons. The van der Waals surface area contributed by atoms with Crippen molar-refractivity contribution in [1.29, 1.82) is 0 Å². The van der Waals surface area contributed by atoms with Crippen molar-refractivity contribution in [3.05, 3.63) is 48.0 Å². The molecule has 1 aromatic heterocycles. The number of anilines is 1. The van der Waals surface area contributed by atoms with Crippen LogP contribution in [0.15, 0.2) is 36.7 Å². The number of urea groups is 1. The zero-order valence-corrected chi connectivity index (χ0v) is 12.5. The average Bonchev–Trinajstić information content (AvgIpc) is 2.94. The first-order valence-electron chi connectivity index (χ1n) is 7.44. The fraction of sp³-hybridized carbons (Fsp3) is 0.375. The SMILES string of the molecule is Cc1cnn(C2CCN(C(=O)Nc3cccc(F)c3)CC2)c1. The normalized spacial score (nSPS) is 15.8. The molecule has 1 N–H and O–H groups in total. The Balaban J connectivity index is 1.55. The van der Waals surface area contributed by atoms with Crippen LogP contribution in [0.5, 0.6) is 0 Å². The summed E-state index contributed by atoms with van der Waals surface area (Å²) in [6, 6.07) is 6.09. The van der Waals surface area contributed by atoms with Gasteiger partial charge in [0.15, 0.2) is 0 Å². The van der Waals surface area contributed by atoms with Gasteiger partial charge in [-0.1, -0.05) is 6.07 Å². The smallest absolute Gasteiger partial charge is 0.321 e. The molecule has 0 aliphatic carbocycles. The summed E-state index contributed by atoms with van der Waals surface area (Å²) in [4.78, 5) is 14.0. The summed E-state index contributed by atoms with van der Waals surface area (Å²) in [6.07, 6.45) is 5.63. The van der Waals surface area contributed by atoms with Crippen molar-refractivity contribution in [2.75, 3.05) is 18.4 Å². The second-order valence-corrected chi connectivity index (χ2v) is 5.66. The first-order valence-corrected chi connectivity index (χ1v) is 7.44. The third kappa shape index (κ3) is 3.27. The second kappa shape index (κ2) is 6.17. The zero-order valence-electron chi connectivity index (χ0n) is 12.5. The number of carbonyl (C=O) groups excluding carboxylic acids is 1. The third-order valence-corrected chi connectivity index (χ3v) is 3.93. The Morgan fingerprint density at radius 2 is 2.14 bits per heavy atom. The third-order valence-electron chi connectivity index (χ3n) is 3.93. The molecule has 5 nitrogen and oxygen atoms in total. The largest absolute Gasteiger partial charge is 0.324 e. The molecule has 6 heteroatoms. The number of aryl methyl sites for hydroxylation is 1. The van der Waals surface area contributed by atoms with Gasteiger partial charge < -0.3 is 10.2 Å². The van der Waals surface area contributed by atoms with Crippen LogP contribution in [0.4, 0.5) is 14.9 Å². The number of carbonyl (C=O) groups is 1. The van der Waals surface area contributed by atoms with E-state index in [1.807, 2.05) is 24.0 Å². The molecular formula is C16H19FN4O. The van der Waals surface area contributed by atoms with Crippen LogP contribution in [0.25, 0.3) is 0 Å². The van der Waals surface area contributed by atoms with E-state index in [4.69, 9.17) is 0 Å². The van der Waals surface area contributed by atoms with Gasteiger partial charge in [0.2, 0.25) is 0 Å². The number of benzene rings is 1. The maximum atomic E-state index is 13.1. The molecule has 1 aliphatic rings. The number of nitrogens with one attached hydrogen (secondary N) is 1. The van der Waals surface area contributed by atoms with Crippen LogP contribution < -0.4 is 5.32 Å². The Morgan fingerprint density at radius 3 is 2.77 bits per heavy atom. The summed E-state index contributed by atoms with van der Waals surface area (Å²) < 4.78 is 15.1. The number of piperidine rings is 1. The molecule has 1 aromatic carbocycles. The predicted molar refractivity (Wildman–Crippen MR) is 82.2 cm³/mol. The summed E-state index contributed by atoms with van der Waals surface area (Å²) in [5.41, 5.74) is 1.63. The van der Waals surface area contributed by atoms with E-state index in [9.17, 15) is 9.18 Å². The topological polar surface area (TPSA) is 50.2 Å². The van der Waals surface area contributed by atoms with Crippen molar-refractivity contribution in [2.24, 2.45) is 0 Å². The maximum absolute atomic E-state index is 13.1. The van der Waals surface area contributed by atoms with E-state index >= 15 is 0 Å². The van der Waals surface area contributed by atoms with Gasteiger partial charge in [-0.15, -0.1) is 0 Å². The number of nitrogens with zero attached hydrogens (tertiary/aromatic N) is 3. The molecule has 0 bridgehead atoms. The van der Waals surface area contributed by atoms with E-state index in [0.717, 1.165) is 18.4 Å². The van der Waals surface area contributed by atoms with E-state index < -0.39 is 0 Å². The predicted octanol–water partition coefficient (Wildman–Crippen LogP) is 3.20. The molecule has 1 fully saturated rings. The number of hydrogen-bond acceptors (Lipinski definition) is 2. The van der Waals surface area contributed by atoms with Crippen molar-refractivity contribution in [3.8, 4) is 0 Å². The molecule has 1 saturated heterocycles. The van der Waals surface area contributed by atoms with Crippen LogP contribution in [0, 0.1) is 12.7 Å². The molecule has 2 aromatic rings. The van der Waals surface area contributed by atoms with Crippen LogP contribution in [0.3, 0.4) is 0 Å². The highest BCUT2D eigenvalue weighted by molar-refractivity contribution is 5.89. The summed E-state index contributed by atoms with van der Waals surface area (Å²) in [7, 11) is 0. The second-order valence-electron chi connectivity index (χ2n) is 5.66. The minimum absolute atomic E-state index is 0.180. The van der Waals surface area contributed by atoms with Crippen LogP contribution in [0.1, 0.15) is 24.4 Å². The Kier molecular flexibility index (Phi) is 4.09. The fourth-order valence-corrected chi connectivity index (χ4v) is 2.73. The lowest BCUT2D eigenvalue weighted by Gasteiger charge is -2.32. The average molecular weight is 302 g/mol. The Morgan fingerprint density at radius 1 is 1.36 bits per heavy atom. The number of aromatic nitrogens is 2. The van der Waals surface area contributed by atoms with Crippen molar-refractivity contribution < 1.29 is 9.18 Å². The molecule has 0 spiro atoms. The van der Waals surface area contributed by atoms with Gasteiger partial charge in [0.05, 0.1) is 12.2 Å². The molecule has 2 heterocycles. The van der Waals surface area contributed by atoms with Crippen LogP contribution in [-0.4, -0.2) is 33.8 Å².